The van der Waals surface area contributed by atoms with Gasteiger partial charge in [0, 0.05) is 50.7 Å². The summed E-state index contributed by atoms with van der Waals surface area (Å²) >= 11 is 0. The molecular weight excluding hydrogens is 438 g/mol. The van der Waals surface area contributed by atoms with E-state index in [9.17, 15) is 0 Å². The van der Waals surface area contributed by atoms with Gasteiger partial charge in [-0.3, -0.25) is 14.8 Å². The van der Waals surface area contributed by atoms with Crippen molar-refractivity contribution >= 4 is 5.69 Å². The maximum Gasteiger partial charge on any atom is 0.0705 e. The highest BCUT2D eigenvalue weighted by Crippen LogP contribution is 2.25. The molecule has 192 valence electrons. The number of allylic oxidation sites excluding steroid dienone is 4. The van der Waals surface area contributed by atoms with Crippen molar-refractivity contribution < 1.29 is 9.47 Å². The van der Waals surface area contributed by atoms with Crippen LogP contribution in [0.4, 0.5) is 5.69 Å². The molecule has 2 saturated heterocycles. The number of pyridine rings is 1. The fourth-order valence-corrected chi connectivity index (χ4v) is 5.32. The average Bonchev–Trinajstić information content (AvgIpc) is 2.82. The Bertz CT molecular complexity index is 914. The van der Waals surface area contributed by atoms with Crippen LogP contribution in [0.5, 0.6) is 0 Å². The lowest BCUT2D eigenvalue weighted by atomic mass is 9.94. The van der Waals surface area contributed by atoms with Crippen LogP contribution in [0.15, 0.2) is 54.0 Å². The van der Waals surface area contributed by atoms with Crippen LogP contribution in [0.25, 0.3) is 0 Å². The monoisotopic (exact) mass is 481 g/mol. The minimum atomic E-state index is 0.243. The van der Waals surface area contributed by atoms with Crippen molar-refractivity contribution in [3.05, 3.63) is 59.6 Å². The van der Waals surface area contributed by atoms with Gasteiger partial charge in [-0.15, -0.1) is 0 Å². The minimum absolute atomic E-state index is 0.243. The lowest BCUT2D eigenvalue weighted by Crippen LogP contribution is -2.49. The second-order valence-electron chi connectivity index (χ2n) is 10.5. The summed E-state index contributed by atoms with van der Waals surface area (Å²) in [6.45, 7) is 10.7. The van der Waals surface area contributed by atoms with Gasteiger partial charge >= 0.3 is 0 Å². The molecule has 35 heavy (non-hydrogen) atoms. The van der Waals surface area contributed by atoms with Gasteiger partial charge < -0.3 is 20.9 Å². The number of nitrogen functional groups attached to an aromatic ring is 1. The summed E-state index contributed by atoms with van der Waals surface area (Å²) in [5.41, 5.74) is 16.5. The first-order valence-corrected chi connectivity index (χ1v) is 13.2. The Labute approximate surface area is 210 Å². The Morgan fingerprint density at radius 2 is 1.94 bits per heavy atom. The van der Waals surface area contributed by atoms with Crippen molar-refractivity contribution in [3.8, 4) is 0 Å². The average molecular weight is 482 g/mol. The van der Waals surface area contributed by atoms with E-state index < -0.39 is 0 Å². The largest absolute Gasteiger partial charge is 0.399 e. The molecule has 4 atom stereocenters. The molecule has 1 aliphatic carbocycles. The van der Waals surface area contributed by atoms with Crippen LogP contribution in [-0.4, -0.2) is 72.4 Å². The van der Waals surface area contributed by atoms with Gasteiger partial charge in [-0.25, -0.2) is 0 Å². The van der Waals surface area contributed by atoms with E-state index in [1.807, 2.05) is 12.3 Å². The Hall–Kier alpha value is -2.19. The minimum Gasteiger partial charge on any atom is -0.399 e. The molecule has 2 aliphatic heterocycles. The van der Waals surface area contributed by atoms with Crippen LogP contribution < -0.4 is 11.5 Å². The first kappa shape index (κ1) is 25.9. The Kier molecular flexibility index (Phi) is 9.38. The van der Waals surface area contributed by atoms with E-state index in [0.717, 1.165) is 88.6 Å². The number of aromatic nitrogens is 1. The van der Waals surface area contributed by atoms with E-state index in [4.69, 9.17) is 20.9 Å². The summed E-state index contributed by atoms with van der Waals surface area (Å²) < 4.78 is 12.4. The topological polar surface area (TPSA) is 89.9 Å². The number of morpholine rings is 2. The summed E-state index contributed by atoms with van der Waals surface area (Å²) in [7, 11) is 0. The van der Waals surface area contributed by atoms with Gasteiger partial charge in [-0.05, 0) is 55.7 Å². The zero-order chi connectivity index (χ0) is 24.6. The molecule has 4 rings (SSSR count). The molecule has 0 aromatic carbocycles. The van der Waals surface area contributed by atoms with Crippen molar-refractivity contribution in [2.45, 2.75) is 64.3 Å². The van der Waals surface area contributed by atoms with Crippen molar-refractivity contribution in [2.75, 3.05) is 45.1 Å². The number of ether oxygens (including phenoxy) is 2. The predicted octanol–water partition coefficient (Wildman–Crippen LogP) is 3.49. The molecule has 0 spiro atoms. The maximum atomic E-state index is 6.37. The number of rotatable bonds is 8. The first-order valence-electron chi connectivity index (χ1n) is 13.2. The van der Waals surface area contributed by atoms with Crippen LogP contribution >= 0.6 is 0 Å². The van der Waals surface area contributed by atoms with Crippen LogP contribution in [0.1, 0.15) is 45.1 Å². The maximum absolute atomic E-state index is 6.37. The number of nitrogens with two attached hydrogens (primary N) is 2. The lowest BCUT2D eigenvalue weighted by Gasteiger charge is -2.40. The highest BCUT2D eigenvalue weighted by molar-refractivity contribution is 5.43. The standard InChI is InChI=1S/C28H43N5O2/c1-21(13-25-18-32(11-12-34-25)16-24-9-10-31-15-28(24)30)14-26-19-33(22(2)20-35-26)17-23-7-5-3-4-6-8-27(23)29/h3,5,7-10,15,21-22,25-26H,4,6,11-14,16-20,29-30H2,1-2H3/b5-3-,23-7-,27-8+. The molecule has 4 unspecified atom stereocenters. The second-order valence-corrected chi connectivity index (χ2v) is 10.5. The third-order valence-electron chi connectivity index (χ3n) is 7.40. The van der Waals surface area contributed by atoms with Crippen molar-refractivity contribution in [3.63, 3.8) is 0 Å². The van der Waals surface area contributed by atoms with Crippen LogP contribution in [0.2, 0.25) is 0 Å². The highest BCUT2D eigenvalue weighted by Gasteiger charge is 2.29. The molecule has 0 bridgehead atoms. The van der Waals surface area contributed by atoms with E-state index in [1.165, 1.54) is 5.57 Å². The molecule has 0 amide bonds. The summed E-state index contributed by atoms with van der Waals surface area (Å²) in [6.07, 6.45) is 16.9. The lowest BCUT2D eigenvalue weighted by molar-refractivity contribution is -0.0720. The van der Waals surface area contributed by atoms with Gasteiger partial charge in [-0.2, -0.15) is 0 Å². The molecule has 3 aliphatic rings. The zero-order valence-electron chi connectivity index (χ0n) is 21.4. The van der Waals surface area contributed by atoms with E-state index in [2.05, 4.69) is 52.9 Å². The molecule has 7 heteroatoms. The number of hydrogen-bond acceptors (Lipinski definition) is 7. The van der Waals surface area contributed by atoms with Gasteiger partial charge in [0.15, 0.2) is 0 Å². The Morgan fingerprint density at radius 1 is 1.11 bits per heavy atom. The predicted molar refractivity (Wildman–Crippen MR) is 142 cm³/mol. The van der Waals surface area contributed by atoms with Crippen LogP contribution in [-0.2, 0) is 16.0 Å². The molecule has 1 aromatic rings. The van der Waals surface area contributed by atoms with Crippen LogP contribution in [0, 0.1) is 5.92 Å². The van der Waals surface area contributed by atoms with Gasteiger partial charge in [-0.1, -0.05) is 31.2 Å². The molecule has 1 aromatic heterocycles. The molecule has 0 saturated carbocycles. The summed E-state index contributed by atoms with van der Waals surface area (Å²) in [5.74, 6) is 0.528. The quantitative estimate of drug-likeness (QED) is 0.587. The second kappa shape index (κ2) is 12.7. The summed E-state index contributed by atoms with van der Waals surface area (Å²) in [6, 6.07) is 2.41. The Morgan fingerprint density at radius 3 is 2.77 bits per heavy atom. The van der Waals surface area contributed by atoms with Gasteiger partial charge in [0.1, 0.15) is 0 Å². The van der Waals surface area contributed by atoms with Crippen molar-refractivity contribution in [1.29, 1.82) is 0 Å². The molecular formula is C28H43N5O2. The van der Waals surface area contributed by atoms with Gasteiger partial charge in [0.2, 0.25) is 0 Å². The normalized spacial score (nSPS) is 31.4. The number of hydrogen-bond donors (Lipinski definition) is 2. The molecule has 7 nitrogen and oxygen atoms in total. The Balaban J connectivity index is 1.26. The fourth-order valence-electron chi connectivity index (χ4n) is 5.32. The molecule has 3 heterocycles. The van der Waals surface area contributed by atoms with E-state index in [0.29, 0.717) is 12.0 Å². The first-order chi connectivity index (χ1) is 17.0. The number of nitrogens with zero attached hydrogens (tertiary/aromatic N) is 3. The van der Waals surface area contributed by atoms with Crippen molar-refractivity contribution in [2.24, 2.45) is 11.7 Å². The molecule has 4 N–H and O–H groups in total. The smallest absolute Gasteiger partial charge is 0.0705 e. The number of anilines is 1. The fraction of sp³-hybridized carbons (Fsp3) is 0.607. The van der Waals surface area contributed by atoms with Crippen molar-refractivity contribution in [1.82, 2.24) is 14.8 Å². The molecule has 2 fully saturated rings. The summed E-state index contributed by atoms with van der Waals surface area (Å²) in [4.78, 5) is 9.08. The third kappa shape index (κ3) is 7.64. The van der Waals surface area contributed by atoms with E-state index in [1.54, 1.807) is 6.20 Å². The van der Waals surface area contributed by atoms with Crippen LogP contribution in [0.3, 0.4) is 0 Å². The zero-order valence-corrected chi connectivity index (χ0v) is 21.4. The SMILES string of the molecule is CC(CC1CN(Cc2ccncc2N)CCO1)CC1CN(CC2=C/C=C\CC/C=C\2N)C(C)CO1. The van der Waals surface area contributed by atoms with Gasteiger partial charge in [0.05, 0.1) is 37.3 Å². The van der Waals surface area contributed by atoms with E-state index in [-0.39, 0.29) is 12.2 Å². The summed E-state index contributed by atoms with van der Waals surface area (Å²) in [5, 5.41) is 0. The van der Waals surface area contributed by atoms with E-state index >= 15 is 0 Å². The van der Waals surface area contributed by atoms with Gasteiger partial charge in [0.25, 0.3) is 0 Å². The third-order valence-corrected chi connectivity index (χ3v) is 7.40. The highest BCUT2D eigenvalue weighted by atomic mass is 16.5. The molecule has 0 radical (unpaired) electrons.